The molecule has 3 aromatic rings. The molecule has 21 heavy (non-hydrogen) atoms. The summed E-state index contributed by atoms with van der Waals surface area (Å²) in [7, 11) is 0. The number of aromatic nitrogens is 2. The third-order valence-corrected chi connectivity index (χ3v) is 3.36. The van der Waals surface area contributed by atoms with Crippen LogP contribution in [0.3, 0.4) is 0 Å². The van der Waals surface area contributed by atoms with Crippen molar-refractivity contribution in [2.75, 3.05) is 0 Å². The molecular weight excluding hydrogens is 267 g/mol. The number of ether oxygens (including phenoxy) is 1. The van der Waals surface area contributed by atoms with Gasteiger partial charge in [-0.25, -0.2) is 9.37 Å². The van der Waals surface area contributed by atoms with Gasteiger partial charge in [0.2, 0.25) is 0 Å². The maximum absolute atomic E-state index is 13.2. The van der Waals surface area contributed by atoms with Crippen LogP contribution in [0.4, 0.5) is 4.39 Å². The molecule has 3 nitrogen and oxygen atoms in total. The highest BCUT2D eigenvalue weighted by molar-refractivity contribution is 5.75. The van der Waals surface area contributed by atoms with Crippen molar-refractivity contribution in [2.24, 2.45) is 0 Å². The molecule has 1 heterocycles. The van der Waals surface area contributed by atoms with Crippen LogP contribution in [0, 0.1) is 19.7 Å². The van der Waals surface area contributed by atoms with Crippen molar-refractivity contribution in [3.05, 3.63) is 59.2 Å². The standard InChI is InChI=1S/C17H17FN2O/c1-10-6-11(2)8-14(7-10)21-12(3)17-19-15-5-4-13(18)9-16(15)20-17/h4-9,12H,1-3H3,(H,19,20). The molecular formula is C17H17FN2O. The summed E-state index contributed by atoms with van der Waals surface area (Å²) in [5.41, 5.74) is 3.73. The van der Waals surface area contributed by atoms with Crippen LogP contribution in [0.15, 0.2) is 36.4 Å². The molecule has 0 aliphatic rings. The Kier molecular flexibility index (Phi) is 3.37. The number of hydrogen-bond acceptors (Lipinski definition) is 2. The Morgan fingerprint density at radius 1 is 1.10 bits per heavy atom. The minimum Gasteiger partial charge on any atom is -0.483 e. The molecule has 1 atom stereocenters. The molecule has 0 spiro atoms. The molecule has 1 aromatic heterocycles. The summed E-state index contributed by atoms with van der Waals surface area (Å²) in [4.78, 5) is 7.56. The second kappa shape index (κ2) is 5.20. The zero-order chi connectivity index (χ0) is 15.0. The third kappa shape index (κ3) is 2.89. The van der Waals surface area contributed by atoms with Gasteiger partial charge in [-0.05, 0) is 62.2 Å². The van der Waals surface area contributed by atoms with Crippen LogP contribution in [-0.4, -0.2) is 9.97 Å². The molecule has 0 fully saturated rings. The maximum atomic E-state index is 13.2. The Morgan fingerprint density at radius 3 is 2.52 bits per heavy atom. The summed E-state index contributed by atoms with van der Waals surface area (Å²) in [5, 5.41) is 0. The minimum atomic E-state index is -0.277. The Bertz CT molecular complexity index is 774. The number of halogens is 1. The molecule has 1 unspecified atom stereocenters. The number of fused-ring (bicyclic) bond motifs is 1. The van der Waals surface area contributed by atoms with Crippen molar-refractivity contribution >= 4 is 11.0 Å². The fraction of sp³-hybridized carbons (Fsp3) is 0.235. The fourth-order valence-corrected chi connectivity index (χ4v) is 2.45. The van der Waals surface area contributed by atoms with E-state index in [1.807, 2.05) is 32.9 Å². The summed E-state index contributed by atoms with van der Waals surface area (Å²) in [6, 6.07) is 10.6. The number of rotatable bonds is 3. The van der Waals surface area contributed by atoms with Crippen LogP contribution in [0.25, 0.3) is 11.0 Å². The zero-order valence-electron chi connectivity index (χ0n) is 12.3. The van der Waals surface area contributed by atoms with Crippen LogP contribution in [0.1, 0.15) is 30.0 Å². The molecule has 4 heteroatoms. The number of nitrogens with zero attached hydrogens (tertiary/aromatic N) is 1. The van der Waals surface area contributed by atoms with E-state index in [9.17, 15) is 4.39 Å². The number of H-pyrrole nitrogens is 1. The van der Waals surface area contributed by atoms with Crippen LogP contribution in [-0.2, 0) is 0 Å². The number of nitrogens with one attached hydrogen (secondary N) is 1. The lowest BCUT2D eigenvalue weighted by atomic mass is 10.1. The van der Waals surface area contributed by atoms with E-state index in [1.54, 1.807) is 6.07 Å². The van der Waals surface area contributed by atoms with Gasteiger partial charge >= 0.3 is 0 Å². The second-order valence-corrected chi connectivity index (χ2v) is 5.37. The lowest BCUT2D eigenvalue weighted by Crippen LogP contribution is -2.05. The molecule has 108 valence electrons. The van der Waals surface area contributed by atoms with Crippen LogP contribution < -0.4 is 4.74 Å². The lowest BCUT2D eigenvalue weighted by Gasteiger charge is -2.13. The van der Waals surface area contributed by atoms with Gasteiger partial charge in [-0.1, -0.05) is 6.07 Å². The molecule has 0 saturated carbocycles. The molecule has 0 aliphatic heterocycles. The monoisotopic (exact) mass is 284 g/mol. The number of aryl methyl sites for hydroxylation is 2. The lowest BCUT2D eigenvalue weighted by molar-refractivity contribution is 0.218. The van der Waals surface area contributed by atoms with Gasteiger partial charge in [0.1, 0.15) is 17.4 Å². The Labute approximate surface area is 122 Å². The summed E-state index contributed by atoms with van der Waals surface area (Å²) in [6.07, 6.45) is -0.235. The van der Waals surface area contributed by atoms with Crippen molar-refractivity contribution in [1.82, 2.24) is 9.97 Å². The molecule has 0 bridgehead atoms. The van der Waals surface area contributed by atoms with Gasteiger partial charge in [-0.15, -0.1) is 0 Å². The number of hydrogen-bond donors (Lipinski definition) is 1. The van der Waals surface area contributed by atoms with Gasteiger partial charge in [-0.3, -0.25) is 0 Å². The predicted molar refractivity (Wildman–Crippen MR) is 81.0 cm³/mol. The minimum absolute atomic E-state index is 0.235. The van der Waals surface area contributed by atoms with E-state index in [1.165, 1.54) is 12.1 Å². The predicted octanol–water partition coefficient (Wildman–Crippen LogP) is 4.46. The van der Waals surface area contributed by atoms with Gasteiger partial charge in [0, 0.05) is 0 Å². The smallest absolute Gasteiger partial charge is 0.153 e. The molecule has 0 radical (unpaired) electrons. The number of imidazole rings is 1. The van der Waals surface area contributed by atoms with E-state index in [4.69, 9.17) is 4.74 Å². The number of benzene rings is 2. The molecule has 3 rings (SSSR count). The highest BCUT2D eigenvalue weighted by Gasteiger charge is 2.13. The van der Waals surface area contributed by atoms with E-state index in [0.717, 1.165) is 22.4 Å². The van der Waals surface area contributed by atoms with Gasteiger partial charge in [-0.2, -0.15) is 0 Å². The van der Waals surface area contributed by atoms with Gasteiger partial charge in [0.25, 0.3) is 0 Å². The third-order valence-electron chi connectivity index (χ3n) is 3.36. The summed E-state index contributed by atoms with van der Waals surface area (Å²) in [5.74, 6) is 1.22. The van der Waals surface area contributed by atoms with E-state index in [-0.39, 0.29) is 11.9 Å². The van der Waals surface area contributed by atoms with Gasteiger partial charge in [0.05, 0.1) is 11.0 Å². The van der Waals surface area contributed by atoms with E-state index in [2.05, 4.69) is 16.0 Å². The Hall–Kier alpha value is -2.36. The van der Waals surface area contributed by atoms with E-state index < -0.39 is 0 Å². The maximum Gasteiger partial charge on any atom is 0.153 e. The first-order valence-electron chi connectivity index (χ1n) is 6.91. The van der Waals surface area contributed by atoms with Crippen LogP contribution >= 0.6 is 0 Å². The summed E-state index contributed by atoms with van der Waals surface area (Å²) in [6.45, 7) is 5.99. The van der Waals surface area contributed by atoms with Crippen molar-refractivity contribution in [2.45, 2.75) is 26.9 Å². The summed E-state index contributed by atoms with van der Waals surface area (Å²) >= 11 is 0. The molecule has 2 aromatic carbocycles. The average molecular weight is 284 g/mol. The average Bonchev–Trinajstić information content (AvgIpc) is 2.80. The Morgan fingerprint density at radius 2 is 1.81 bits per heavy atom. The largest absolute Gasteiger partial charge is 0.483 e. The fourth-order valence-electron chi connectivity index (χ4n) is 2.45. The first-order chi connectivity index (χ1) is 10.0. The normalized spacial score (nSPS) is 12.6. The van der Waals surface area contributed by atoms with E-state index in [0.29, 0.717) is 11.3 Å². The Balaban J connectivity index is 1.87. The topological polar surface area (TPSA) is 37.9 Å². The van der Waals surface area contributed by atoms with Crippen LogP contribution in [0.2, 0.25) is 0 Å². The molecule has 0 aliphatic carbocycles. The number of aromatic amines is 1. The summed E-state index contributed by atoms with van der Waals surface area (Å²) < 4.78 is 19.1. The quantitative estimate of drug-likeness (QED) is 0.771. The second-order valence-electron chi connectivity index (χ2n) is 5.37. The SMILES string of the molecule is Cc1cc(C)cc(OC(C)c2nc3ccc(F)cc3[nH]2)c1. The first-order valence-corrected chi connectivity index (χ1v) is 6.91. The van der Waals surface area contributed by atoms with Crippen molar-refractivity contribution in [1.29, 1.82) is 0 Å². The van der Waals surface area contributed by atoms with Crippen LogP contribution in [0.5, 0.6) is 5.75 Å². The highest BCUT2D eigenvalue weighted by atomic mass is 19.1. The van der Waals surface area contributed by atoms with Gasteiger partial charge in [0.15, 0.2) is 6.10 Å². The molecule has 0 saturated heterocycles. The van der Waals surface area contributed by atoms with Crippen molar-refractivity contribution in [3.63, 3.8) is 0 Å². The first kappa shape index (κ1) is 13.6. The van der Waals surface area contributed by atoms with Gasteiger partial charge < -0.3 is 9.72 Å². The van der Waals surface area contributed by atoms with E-state index >= 15 is 0 Å². The zero-order valence-corrected chi connectivity index (χ0v) is 12.3. The highest BCUT2D eigenvalue weighted by Crippen LogP contribution is 2.24. The van der Waals surface area contributed by atoms with Crippen molar-refractivity contribution in [3.8, 4) is 5.75 Å². The molecule has 0 amide bonds. The van der Waals surface area contributed by atoms with Crippen molar-refractivity contribution < 1.29 is 9.13 Å². The molecule has 1 N–H and O–H groups in total.